The molecule has 100 valence electrons. The molecule has 0 aliphatic heterocycles. The Hall–Kier alpha value is -1.74. The molecule has 0 heterocycles. The first-order chi connectivity index (χ1) is 9.08. The van der Waals surface area contributed by atoms with Gasteiger partial charge in [-0.3, -0.25) is 0 Å². The topological polar surface area (TPSA) is 38.0 Å². The molecular weight excluding hydrogens is 263 g/mol. The Balaban J connectivity index is 1.98. The van der Waals surface area contributed by atoms with E-state index in [9.17, 15) is 4.39 Å². The van der Waals surface area contributed by atoms with Crippen LogP contribution in [0.1, 0.15) is 11.1 Å². The van der Waals surface area contributed by atoms with Gasteiger partial charge in [-0.05, 0) is 48.7 Å². The Morgan fingerprint density at radius 1 is 1.26 bits per heavy atom. The molecule has 2 aromatic rings. The van der Waals surface area contributed by atoms with Crippen molar-refractivity contribution in [3.8, 4) is 0 Å². The summed E-state index contributed by atoms with van der Waals surface area (Å²) in [7, 11) is 0. The van der Waals surface area contributed by atoms with E-state index in [0.29, 0.717) is 10.7 Å². The second-order valence-electron chi connectivity index (χ2n) is 4.45. The van der Waals surface area contributed by atoms with Gasteiger partial charge in [0.25, 0.3) is 0 Å². The van der Waals surface area contributed by atoms with E-state index in [1.54, 1.807) is 12.1 Å². The minimum atomic E-state index is -0.201. The Labute approximate surface area is 117 Å². The van der Waals surface area contributed by atoms with Crippen molar-refractivity contribution < 1.29 is 4.39 Å². The maximum Gasteiger partial charge on any atom is 0.123 e. The van der Waals surface area contributed by atoms with Crippen molar-refractivity contribution in [2.24, 2.45) is 0 Å². The lowest BCUT2D eigenvalue weighted by molar-refractivity contribution is 0.625. The van der Waals surface area contributed by atoms with Gasteiger partial charge in [-0.15, -0.1) is 0 Å². The fourth-order valence-corrected chi connectivity index (χ4v) is 2.14. The van der Waals surface area contributed by atoms with Gasteiger partial charge >= 0.3 is 0 Å². The Morgan fingerprint density at radius 2 is 2.05 bits per heavy atom. The SMILES string of the molecule is Cc1cc(F)ccc1CCNc1cccc(Cl)c1N. The molecular formula is C15H16ClFN2. The van der Waals surface area contributed by atoms with Gasteiger partial charge in [-0.1, -0.05) is 23.7 Å². The van der Waals surface area contributed by atoms with E-state index in [-0.39, 0.29) is 5.82 Å². The summed E-state index contributed by atoms with van der Waals surface area (Å²) < 4.78 is 13.0. The zero-order valence-electron chi connectivity index (χ0n) is 10.7. The van der Waals surface area contributed by atoms with Crippen molar-refractivity contribution in [2.45, 2.75) is 13.3 Å². The first-order valence-electron chi connectivity index (χ1n) is 6.11. The molecule has 2 nitrogen and oxygen atoms in total. The third kappa shape index (κ3) is 3.38. The third-order valence-corrected chi connectivity index (χ3v) is 3.40. The first-order valence-corrected chi connectivity index (χ1v) is 6.48. The average Bonchev–Trinajstić information content (AvgIpc) is 2.37. The van der Waals surface area contributed by atoms with Gasteiger partial charge in [-0.25, -0.2) is 4.39 Å². The molecule has 4 heteroatoms. The molecule has 0 saturated carbocycles. The molecule has 3 N–H and O–H groups in total. The van der Waals surface area contributed by atoms with Gasteiger partial charge in [0.2, 0.25) is 0 Å². The van der Waals surface area contributed by atoms with Gasteiger partial charge in [-0.2, -0.15) is 0 Å². The van der Waals surface area contributed by atoms with Crippen LogP contribution in [0.15, 0.2) is 36.4 Å². The number of nitrogen functional groups attached to an aromatic ring is 1. The molecule has 0 amide bonds. The minimum Gasteiger partial charge on any atom is -0.396 e. The van der Waals surface area contributed by atoms with Crippen LogP contribution >= 0.6 is 11.6 Å². The molecule has 0 aromatic heterocycles. The number of anilines is 2. The zero-order chi connectivity index (χ0) is 13.8. The van der Waals surface area contributed by atoms with E-state index in [1.165, 1.54) is 6.07 Å². The molecule has 0 atom stereocenters. The van der Waals surface area contributed by atoms with Crippen LogP contribution in [0.5, 0.6) is 0 Å². The van der Waals surface area contributed by atoms with Crippen molar-refractivity contribution in [1.29, 1.82) is 0 Å². The number of para-hydroxylation sites is 1. The predicted octanol–water partition coefficient (Wildman–Crippen LogP) is 4.02. The maximum atomic E-state index is 13.0. The van der Waals surface area contributed by atoms with Crippen molar-refractivity contribution >= 4 is 23.0 Å². The monoisotopic (exact) mass is 278 g/mol. The van der Waals surface area contributed by atoms with Crippen LogP contribution in [-0.4, -0.2) is 6.54 Å². The van der Waals surface area contributed by atoms with E-state index in [2.05, 4.69) is 5.32 Å². The van der Waals surface area contributed by atoms with Crippen LogP contribution in [0.4, 0.5) is 15.8 Å². The molecule has 0 bridgehead atoms. The summed E-state index contributed by atoms with van der Waals surface area (Å²) in [6, 6.07) is 10.3. The summed E-state index contributed by atoms with van der Waals surface area (Å²) in [5, 5.41) is 3.79. The molecule has 0 aliphatic carbocycles. The molecule has 0 radical (unpaired) electrons. The smallest absolute Gasteiger partial charge is 0.123 e. The van der Waals surface area contributed by atoms with E-state index >= 15 is 0 Å². The Morgan fingerprint density at radius 3 is 2.79 bits per heavy atom. The quantitative estimate of drug-likeness (QED) is 0.829. The van der Waals surface area contributed by atoms with Crippen LogP contribution in [0, 0.1) is 12.7 Å². The molecule has 0 saturated heterocycles. The number of hydrogen-bond donors (Lipinski definition) is 2. The van der Waals surface area contributed by atoms with Gasteiger partial charge in [0.05, 0.1) is 16.4 Å². The van der Waals surface area contributed by atoms with Crippen LogP contribution in [0.2, 0.25) is 5.02 Å². The third-order valence-electron chi connectivity index (χ3n) is 3.07. The number of benzene rings is 2. The van der Waals surface area contributed by atoms with Crippen LogP contribution in [0.3, 0.4) is 0 Å². The summed E-state index contributed by atoms with van der Waals surface area (Å²) >= 11 is 5.95. The summed E-state index contributed by atoms with van der Waals surface area (Å²) in [5.74, 6) is -0.201. The van der Waals surface area contributed by atoms with Crippen molar-refractivity contribution in [3.63, 3.8) is 0 Å². The average molecular weight is 279 g/mol. The number of aryl methyl sites for hydroxylation is 1. The number of hydrogen-bond acceptors (Lipinski definition) is 2. The molecule has 19 heavy (non-hydrogen) atoms. The van der Waals surface area contributed by atoms with Crippen LogP contribution in [-0.2, 0) is 6.42 Å². The van der Waals surface area contributed by atoms with E-state index in [0.717, 1.165) is 29.8 Å². The van der Waals surface area contributed by atoms with Gasteiger partial charge in [0, 0.05) is 6.54 Å². The summed E-state index contributed by atoms with van der Waals surface area (Å²) in [4.78, 5) is 0. The van der Waals surface area contributed by atoms with Crippen molar-refractivity contribution in [3.05, 3.63) is 58.4 Å². The number of halogens is 2. The second kappa shape index (κ2) is 5.93. The molecule has 2 aromatic carbocycles. The Bertz CT molecular complexity index is 584. The minimum absolute atomic E-state index is 0.201. The highest BCUT2D eigenvalue weighted by molar-refractivity contribution is 6.33. The molecule has 0 fully saturated rings. The lowest BCUT2D eigenvalue weighted by Crippen LogP contribution is -2.08. The number of nitrogens with one attached hydrogen (secondary N) is 1. The predicted molar refractivity (Wildman–Crippen MR) is 79.2 cm³/mol. The highest BCUT2D eigenvalue weighted by Gasteiger charge is 2.03. The summed E-state index contributed by atoms with van der Waals surface area (Å²) in [6.07, 6.45) is 0.804. The molecule has 0 spiro atoms. The Kier molecular flexibility index (Phi) is 4.27. The molecule has 2 rings (SSSR count). The first kappa shape index (κ1) is 13.7. The van der Waals surface area contributed by atoms with Crippen LogP contribution in [0.25, 0.3) is 0 Å². The number of nitrogens with two attached hydrogens (primary N) is 1. The zero-order valence-corrected chi connectivity index (χ0v) is 11.5. The number of rotatable bonds is 4. The normalized spacial score (nSPS) is 10.5. The van der Waals surface area contributed by atoms with E-state index < -0.39 is 0 Å². The molecule has 0 unspecified atom stereocenters. The maximum absolute atomic E-state index is 13.0. The summed E-state index contributed by atoms with van der Waals surface area (Å²) in [6.45, 7) is 2.63. The lowest BCUT2D eigenvalue weighted by atomic mass is 10.1. The summed E-state index contributed by atoms with van der Waals surface area (Å²) in [5.41, 5.74) is 9.33. The van der Waals surface area contributed by atoms with Gasteiger partial charge in [0.15, 0.2) is 0 Å². The highest BCUT2D eigenvalue weighted by atomic mass is 35.5. The standard InChI is InChI=1S/C15H16ClFN2/c1-10-9-12(17)6-5-11(10)7-8-19-14-4-2-3-13(16)15(14)18/h2-6,9,19H,7-8,18H2,1H3. The largest absolute Gasteiger partial charge is 0.396 e. The van der Waals surface area contributed by atoms with E-state index in [4.69, 9.17) is 17.3 Å². The lowest BCUT2D eigenvalue weighted by Gasteiger charge is -2.11. The van der Waals surface area contributed by atoms with Gasteiger partial charge in [0.1, 0.15) is 5.82 Å². The van der Waals surface area contributed by atoms with Gasteiger partial charge < -0.3 is 11.1 Å². The highest BCUT2D eigenvalue weighted by Crippen LogP contribution is 2.26. The van der Waals surface area contributed by atoms with E-state index in [1.807, 2.05) is 25.1 Å². The van der Waals surface area contributed by atoms with Crippen molar-refractivity contribution in [2.75, 3.05) is 17.6 Å². The fraction of sp³-hybridized carbons (Fsp3) is 0.200. The van der Waals surface area contributed by atoms with Crippen molar-refractivity contribution in [1.82, 2.24) is 0 Å². The second-order valence-corrected chi connectivity index (χ2v) is 4.86. The fourth-order valence-electron chi connectivity index (χ4n) is 1.96. The van der Waals surface area contributed by atoms with Crippen LogP contribution < -0.4 is 11.1 Å². The molecule has 0 aliphatic rings.